The molecule has 0 aliphatic rings. The van der Waals surface area contributed by atoms with Crippen molar-refractivity contribution in [1.29, 1.82) is 0 Å². The molecule has 0 rings (SSSR count). The topological polar surface area (TPSA) is 50.4 Å². The van der Waals surface area contributed by atoms with Crippen molar-refractivity contribution in [3.63, 3.8) is 0 Å². The van der Waals surface area contributed by atoms with E-state index in [1.807, 2.05) is 20.8 Å². The molecule has 0 heterocycles. The molecule has 1 unspecified atom stereocenters. The Labute approximate surface area is 68.4 Å². The van der Waals surface area contributed by atoms with Crippen LogP contribution in [0, 0.1) is 0 Å². The minimum Gasteiger partial charge on any atom is -0.370 e. The Morgan fingerprint density at radius 3 is 2.45 bits per heavy atom. The van der Waals surface area contributed by atoms with E-state index in [-0.39, 0.29) is 6.04 Å². The van der Waals surface area contributed by atoms with Gasteiger partial charge in [0.2, 0.25) is 0 Å². The molecule has 11 heavy (non-hydrogen) atoms. The molecule has 0 aromatic heterocycles. The lowest BCUT2D eigenvalue weighted by Gasteiger charge is -2.09. The summed E-state index contributed by atoms with van der Waals surface area (Å²) in [6.45, 7) is 9.56. The van der Waals surface area contributed by atoms with Gasteiger partial charge in [-0.05, 0) is 20.8 Å². The van der Waals surface area contributed by atoms with E-state index in [4.69, 9.17) is 5.73 Å². The van der Waals surface area contributed by atoms with Gasteiger partial charge < -0.3 is 11.1 Å². The molecule has 0 aromatic rings. The van der Waals surface area contributed by atoms with Gasteiger partial charge in [-0.15, -0.1) is 6.58 Å². The third-order valence-electron chi connectivity index (χ3n) is 1.12. The van der Waals surface area contributed by atoms with Gasteiger partial charge in [-0.3, -0.25) is 0 Å². The zero-order valence-electron chi connectivity index (χ0n) is 7.46. The number of nitrogens with zero attached hydrogens (tertiary/aromatic N) is 1. The van der Waals surface area contributed by atoms with Crippen LogP contribution in [-0.2, 0) is 0 Å². The van der Waals surface area contributed by atoms with Crippen LogP contribution in [0.15, 0.2) is 17.6 Å². The maximum absolute atomic E-state index is 5.54. The van der Waals surface area contributed by atoms with Crippen LogP contribution >= 0.6 is 0 Å². The van der Waals surface area contributed by atoms with Crippen molar-refractivity contribution in [3.05, 3.63) is 12.7 Å². The first kappa shape index (κ1) is 10.0. The third-order valence-corrected chi connectivity index (χ3v) is 1.12. The van der Waals surface area contributed by atoms with Crippen LogP contribution in [0.3, 0.4) is 0 Å². The van der Waals surface area contributed by atoms with E-state index in [9.17, 15) is 0 Å². The lowest BCUT2D eigenvalue weighted by Crippen LogP contribution is -2.37. The molecule has 64 valence electrons. The van der Waals surface area contributed by atoms with Gasteiger partial charge in [0.25, 0.3) is 0 Å². The SMILES string of the molecule is C=CC(C)N=C(N)NC(C)C. The monoisotopic (exact) mass is 155 g/mol. The van der Waals surface area contributed by atoms with Crippen molar-refractivity contribution in [3.8, 4) is 0 Å². The Balaban J connectivity index is 3.89. The average molecular weight is 155 g/mol. The van der Waals surface area contributed by atoms with Crippen LogP contribution in [0.2, 0.25) is 0 Å². The second-order valence-electron chi connectivity index (χ2n) is 2.79. The summed E-state index contributed by atoms with van der Waals surface area (Å²) < 4.78 is 0. The molecule has 0 saturated heterocycles. The molecule has 3 nitrogen and oxygen atoms in total. The minimum absolute atomic E-state index is 0.0845. The summed E-state index contributed by atoms with van der Waals surface area (Å²) in [5.41, 5.74) is 5.54. The van der Waals surface area contributed by atoms with Crippen molar-refractivity contribution in [2.75, 3.05) is 0 Å². The van der Waals surface area contributed by atoms with E-state index >= 15 is 0 Å². The summed E-state index contributed by atoms with van der Waals surface area (Å²) in [4.78, 5) is 4.10. The molecule has 3 heteroatoms. The van der Waals surface area contributed by atoms with Crippen LogP contribution in [0.4, 0.5) is 0 Å². The standard InChI is InChI=1S/C8H17N3/c1-5-7(4)11-8(9)10-6(2)3/h5-7H,1H2,2-4H3,(H3,9,10,11). The Morgan fingerprint density at radius 1 is 1.55 bits per heavy atom. The molecular formula is C8H17N3. The average Bonchev–Trinajstić information content (AvgIpc) is 1.85. The number of hydrogen-bond acceptors (Lipinski definition) is 1. The smallest absolute Gasteiger partial charge is 0.189 e. The Morgan fingerprint density at radius 2 is 2.09 bits per heavy atom. The molecule has 0 aromatic carbocycles. The van der Waals surface area contributed by atoms with Crippen molar-refractivity contribution >= 4 is 5.96 Å². The highest BCUT2D eigenvalue weighted by atomic mass is 15.1. The van der Waals surface area contributed by atoms with Crippen LogP contribution in [0.1, 0.15) is 20.8 Å². The molecule has 0 bridgehead atoms. The first-order valence-electron chi connectivity index (χ1n) is 3.78. The van der Waals surface area contributed by atoms with Gasteiger partial charge in [0, 0.05) is 6.04 Å². The molecular weight excluding hydrogens is 138 g/mol. The summed E-state index contributed by atoms with van der Waals surface area (Å²) in [6, 6.07) is 0.414. The predicted molar refractivity (Wildman–Crippen MR) is 49.6 cm³/mol. The van der Waals surface area contributed by atoms with Gasteiger partial charge >= 0.3 is 0 Å². The highest BCUT2D eigenvalue weighted by Gasteiger charge is 1.96. The zero-order chi connectivity index (χ0) is 8.85. The van der Waals surface area contributed by atoms with Crippen molar-refractivity contribution in [2.24, 2.45) is 10.7 Å². The maximum Gasteiger partial charge on any atom is 0.189 e. The number of rotatable bonds is 3. The van der Waals surface area contributed by atoms with Crippen molar-refractivity contribution < 1.29 is 0 Å². The van der Waals surface area contributed by atoms with Gasteiger partial charge in [-0.1, -0.05) is 6.08 Å². The Hall–Kier alpha value is -0.990. The quantitative estimate of drug-likeness (QED) is 0.361. The van der Waals surface area contributed by atoms with E-state index in [0.29, 0.717) is 12.0 Å². The molecule has 0 fully saturated rings. The Bertz CT molecular complexity index is 149. The summed E-state index contributed by atoms with van der Waals surface area (Å²) >= 11 is 0. The second kappa shape index (κ2) is 4.77. The van der Waals surface area contributed by atoms with Crippen LogP contribution < -0.4 is 11.1 Å². The fraction of sp³-hybridized carbons (Fsp3) is 0.625. The fourth-order valence-corrected chi connectivity index (χ4v) is 0.605. The third kappa shape index (κ3) is 5.45. The van der Waals surface area contributed by atoms with Crippen molar-refractivity contribution in [1.82, 2.24) is 5.32 Å². The highest BCUT2D eigenvalue weighted by Crippen LogP contribution is 1.88. The molecule has 0 aliphatic carbocycles. The van der Waals surface area contributed by atoms with Gasteiger partial charge in [-0.25, -0.2) is 4.99 Å². The van der Waals surface area contributed by atoms with Crippen LogP contribution in [-0.4, -0.2) is 18.0 Å². The number of nitrogens with one attached hydrogen (secondary N) is 1. The van der Waals surface area contributed by atoms with E-state index in [1.165, 1.54) is 0 Å². The van der Waals surface area contributed by atoms with Gasteiger partial charge in [0.05, 0.1) is 6.04 Å². The zero-order valence-corrected chi connectivity index (χ0v) is 7.46. The summed E-state index contributed by atoms with van der Waals surface area (Å²) in [6.07, 6.45) is 1.74. The maximum atomic E-state index is 5.54. The normalized spacial score (nSPS) is 14.7. The second-order valence-corrected chi connectivity index (χ2v) is 2.79. The van der Waals surface area contributed by atoms with E-state index in [2.05, 4.69) is 16.9 Å². The fourth-order valence-electron chi connectivity index (χ4n) is 0.605. The summed E-state index contributed by atoms with van der Waals surface area (Å²) in [7, 11) is 0. The van der Waals surface area contributed by atoms with Gasteiger partial charge in [0.1, 0.15) is 0 Å². The lowest BCUT2D eigenvalue weighted by atomic mass is 10.3. The van der Waals surface area contributed by atoms with Gasteiger partial charge in [-0.2, -0.15) is 0 Å². The van der Waals surface area contributed by atoms with Crippen LogP contribution in [0.5, 0.6) is 0 Å². The molecule has 0 amide bonds. The molecule has 0 saturated carbocycles. The van der Waals surface area contributed by atoms with Crippen molar-refractivity contribution in [2.45, 2.75) is 32.9 Å². The summed E-state index contributed by atoms with van der Waals surface area (Å²) in [5.74, 6) is 0.479. The van der Waals surface area contributed by atoms with E-state index in [0.717, 1.165) is 0 Å². The minimum atomic E-state index is 0.0845. The predicted octanol–water partition coefficient (Wildman–Crippen LogP) is 0.874. The molecule has 0 spiro atoms. The molecule has 0 aliphatic heterocycles. The number of nitrogens with two attached hydrogens (primary N) is 1. The highest BCUT2D eigenvalue weighted by molar-refractivity contribution is 5.78. The summed E-state index contributed by atoms with van der Waals surface area (Å²) in [5, 5.41) is 2.99. The lowest BCUT2D eigenvalue weighted by molar-refractivity contribution is 0.720. The first-order chi connectivity index (χ1) is 5.06. The first-order valence-corrected chi connectivity index (χ1v) is 3.78. The number of aliphatic imine (C=N–C) groups is 1. The molecule has 1 atom stereocenters. The van der Waals surface area contributed by atoms with Gasteiger partial charge in [0.15, 0.2) is 5.96 Å². The molecule has 3 N–H and O–H groups in total. The van der Waals surface area contributed by atoms with E-state index in [1.54, 1.807) is 6.08 Å². The van der Waals surface area contributed by atoms with E-state index < -0.39 is 0 Å². The number of hydrogen-bond donors (Lipinski definition) is 2. The Kier molecular flexibility index (Phi) is 4.34. The van der Waals surface area contributed by atoms with Crippen LogP contribution in [0.25, 0.3) is 0 Å². The molecule has 0 radical (unpaired) electrons. The number of guanidine groups is 1. The largest absolute Gasteiger partial charge is 0.370 e.